The first kappa shape index (κ1) is 18.4. The molecule has 0 saturated heterocycles. The summed E-state index contributed by atoms with van der Waals surface area (Å²) in [7, 11) is 0. The maximum absolute atomic E-state index is 12.2. The van der Waals surface area contributed by atoms with E-state index < -0.39 is 24.1 Å². The zero-order chi connectivity index (χ0) is 18.7. The fraction of sp³-hybridized carbons (Fsp3) is 0.222. The number of anilines is 1. The number of benzene rings is 2. The second-order valence-corrected chi connectivity index (χ2v) is 6.40. The highest BCUT2D eigenvalue weighted by Gasteiger charge is 2.31. The Hall–Kier alpha value is -2.44. The largest absolute Gasteiger partial charge is 0.485 e. The number of carbonyl (C=O) groups is 2. The number of para-hydroxylation sites is 2. The second-order valence-electron chi connectivity index (χ2n) is 5.56. The highest BCUT2D eigenvalue weighted by molar-refractivity contribution is 6.36. The number of esters is 1. The minimum absolute atomic E-state index is 0.00714. The molecule has 1 aliphatic heterocycles. The molecule has 0 aromatic heterocycles. The van der Waals surface area contributed by atoms with Crippen LogP contribution in [0.15, 0.2) is 42.5 Å². The Labute approximate surface area is 159 Å². The highest BCUT2D eigenvalue weighted by Crippen LogP contribution is 2.31. The molecule has 136 valence electrons. The Balaban J connectivity index is 1.58. The van der Waals surface area contributed by atoms with Crippen LogP contribution in [0.5, 0.6) is 11.5 Å². The molecule has 0 spiro atoms. The van der Waals surface area contributed by atoms with E-state index in [1.54, 1.807) is 36.4 Å². The molecule has 8 heteroatoms. The van der Waals surface area contributed by atoms with E-state index >= 15 is 0 Å². The molecule has 0 saturated carbocycles. The van der Waals surface area contributed by atoms with Gasteiger partial charge < -0.3 is 19.5 Å². The van der Waals surface area contributed by atoms with Gasteiger partial charge in [-0.3, -0.25) is 4.79 Å². The van der Waals surface area contributed by atoms with Crippen molar-refractivity contribution in [1.29, 1.82) is 0 Å². The molecule has 26 heavy (non-hydrogen) atoms. The summed E-state index contributed by atoms with van der Waals surface area (Å²) in [5.74, 6) is -0.213. The number of carbonyl (C=O) groups excluding carboxylic acids is 2. The van der Waals surface area contributed by atoms with Crippen LogP contribution in [0.2, 0.25) is 10.0 Å². The van der Waals surface area contributed by atoms with Crippen molar-refractivity contribution in [3.63, 3.8) is 0 Å². The van der Waals surface area contributed by atoms with Crippen LogP contribution in [0.1, 0.15) is 6.92 Å². The van der Waals surface area contributed by atoms with Crippen molar-refractivity contribution in [2.75, 3.05) is 11.9 Å². The molecule has 2 aromatic rings. The second kappa shape index (κ2) is 7.85. The number of nitrogens with one attached hydrogen (secondary N) is 1. The normalized spacial score (nSPS) is 16.5. The van der Waals surface area contributed by atoms with E-state index in [-0.39, 0.29) is 11.6 Å². The summed E-state index contributed by atoms with van der Waals surface area (Å²) < 4.78 is 16.2. The maximum atomic E-state index is 12.2. The smallest absolute Gasteiger partial charge is 0.351 e. The molecular formula is C18H15Cl2NO5. The van der Waals surface area contributed by atoms with Gasteiger partial charge in [-0.2, -0.15) is 0 Å². The van der Waals surface area contributed by atoms with Gasteiger partial charge in [-0.05, 0) is 37.3 Å². The zero-order valence-electron chi connectivity index (χ0n) is 13.7. The molecule has 2 aromatic carbocycles. The summed E-state index contributed by atoms with van der Waals surface area (Å²) in [5.41, 5.74) is 0.371. The van der Waals surface area contributed by atoms with Gasteiger partial charge in [0.2, 0.25) is 6.10 Å². The maximum Gasteiger partial charge on any atom is 0.351 e. The van der Waals surface area contributed by atoms with Gasteiger partial charge in [-0.1, -0.05) is 35.3 Å². The zero-order valence-corrected chi connectivity index (χ0v) is 15.2. The van der Waals surface area contributed by atoms with Crippen molar-refractivity contribution < 1.29 is 23.8 Å². The van der Waals surface area contributed by atoms with E-state index in [1.807, 2.05) is 0 Å². The first-order chi connectivity index (χ1) is 12.4. The van der Waals surface area contributed by atoms with Gasteiger partial charge in [0.15, 0.2) is 17.6 Å². The predicted molar refractivity (Wildman–Crippen MR) is 97.0 cm³/mol. The summed E-state index contributed by atoms with van der Waals surface area (Å²) in [6.45, 7) is 1.46. The number of amides is 1. The van der Waals surface area contributed by atoms with Gasteiger partial charge in [-0.15, -0.1) is 0 Å². The lowest BCUT2D eigenvalue weighted by atomic mass is 10.2. The molecular weight excluding hydrogens is 381 g/mol. The van der Waals surface area contributed by atoms with Gasteiger partial charge in [0.1, 0.15) is 6.61 Å². The van der Waals surface area contributed by atoms with Gasteiger partial charge in [0, 0.05) is 5.02 Å². The number of fused-ring (bicyclic) bond motifs is 1. The summed E-state index contributed by atoms with van der Waals surface area (Å²) in [6.07, 6.45) is -1.99. The number of rotatable bonds is 4. The first-order valence-electron chi connectivity index (χ1n) is 7.79. The van der Waals surface area contributed by atoms with Crippen molar-refractivity contribution in [2.24, 2.45) is 0 Å². The van der Waals surface area contributed by atoms with E-state index in [1.165, 1.54) is 13.0 Å². The van der Waals surface area contributed by atoms with E-state index in [2.05, 4.69) is 5.32 Å². The SMILES string of the molecule is CC(OC(=O)C1COc2ccccc2O1)C(=O)Nc1ccc(Cl)cc1Cl. The number of ether oxygens (including phenoxy) is 3. The Morgan fingerprint density at radius 1 is 1.19 bits per heavy atom. The molecule has 0 aliphatic carbocycles. The van der Waals surface area contributed by atoms with Crippen molar-refractivity contribution in [3.8, 4) is 11.5 Å². The van der Waals surface area contributed by atoms with Crippen molar-refractivity contribution in [2.45, 2.75) is 19.1 Å². The van der Waals surface area contributed by atoms with Crippen LogP contribution >= 0.6 is 23.2 Å². The average molecular weight is 396 g/mol. The third-order valence-corrected chi connectivity index (χ3v) is 4.17. The molecule has 1 aliphatic rings. The van der Waals surface area contributed by atoms with Gasteiger partial charge in [-0.25, -0.2) is 4.79 Å². The molecule has 1 N–H and O–H groups in total. The van der Waals surface area contributed by atoms with Gasteiger partial charge in [0.05, 0.1) is 10.7 Å². The van der Waals surface area contributed by atoms with Crippen LogP contribution < -0.4 is 14.8 Å². The van der Waals surface area contributed by atoms with Crippen LogP contribution in [0.3, 0.4) is 0 Å². The Kier molecular flexibility index (Phi) is 5.54. The van der Waals surface area contributed by atoms with Crippen LogP contribution in [-0.2, 0) is 14.3 Å². The third kappa shape index (κ3) is 4.20. The van der Waals surface area contributed by atoms with E-state index in [9.17, 15) is 9.59 Å². The van der Waals surface area contributed by atoms with Gasteiger partial charge in [0.25, 0.3) is 5.91 Å². The van der Waals surface area contributed by atoms with Gasteiger partial charge >= 0.3 is 5.97 Å². The van der Waals surface area contributed by atoms with E-state index in [0.717, 1.165) is 0 Å². The minimum atomic E-state index is -1.05. The highest BCUT2D eigenvalue weighted by atomic mass is 35.5. The molecule has 6 nitrogen and oxygen atoms in total. The van der Waals surface area contributed by atoms with Crippen LogP contribution in [0.25, 0.3) is 0 Å². The van der Waals surface area contributed by atoms with E-state index in [0.29, 0.717) is 22.2 Å². The fourth-order valence-electron chi connectivity index (χ4n) is 2.26. The molecule has 1 heterocycles. The Bertz CT molecular complexity index is 842. The molecule has 0 fully saturated rings. The molecule has 0 bridgehead atoms. The molecule has 2 atom stereocenters. The molecule has 3 rings (SSSR count). The topological polar surface area (TPSA) is 73.9 Å². The summed E-state index contributed by atoms with van der Waals surface area (Å²) in [5, 5.41) is 3.31. The number of halogens is 2. The first-order valence-corrected chi connectivity index (χ1v) is 8.54. The lowest BCUT2D eigenvalue weighted by Crippen LogP contribution is -2.41. The summed E-state index contributed by atoms with van der Waals surface area (Å²) in [6, 6.07) is 11.6. The predicted octanol–water partition coefficient (Wildman–Crippen LogP) is 3.70. The lowest BCUT2D eigenvalue weighted by molar-refractivity contribution is -0.162. The van der Waals surface area contributed by atoms with E-state index in [4.69, 9.17) is 37.4 Å². The van der Waals surface area contributed by atoms with Crippen molar-refractivity contribution in [3.05, 3.63) is 52.5 Å². The standard InChI is InChI=1S/C18H15Cl2NO5/c1-10(17(22)21-13-7-6-11(19)8-12(13)20)25-18(23)16-9-24-14-4-2-3-5-15(14)26-16/h2-8,10,16H,9H2,1H3,(H,21,22). The van der Waals surface area contributed by atoms with Crippen LogP contribution in [-0.4, -0.2) is 30.7 Å². The van der Waals surface area contributed by atoms with Crippen LogP contribution in [0.4, 0.5) is 5.69 Å². The van der Waals surface area contributed by atoms with Crippen molar-refractivity contribution in [1.82, 2.24) is 0 Å². The van der Waals surface area contributed by atoms with Crippen LogP contribution in [0, 0.1) is 0 Å². The summed E-state index contributed by atoms with van der Waals surface area (Å²) in [4.78, 5) is 24.5. The quantitative estimate of drug-likeness (QED) is 0.798. The molecule has 2 unspecified atom stereocenters. The minimum Gasteiger partial charge on any atom is -0.485 e. The number of hydrogen-bond donors (Lipinski definition) is 1. The Morgan fingerprint density at radius 2 is 1.92 bits per heavy atom. The van der Waals surface area contributed by atoms with Crippen molar-refractivity contribution >= 4 is 40.8 Å². The fourth-order valence-corrected chi connectivity index (χ4v) is 2.72. The average Bonchev–Trinajstić information content (AvgIpc) is 2.63. The third-order valence-electron chi connectivity index (χ3n) is 3.62. The Morgan fingerprint density at radius 3 is 2.65 bits per heavy atom. The lowest BCUT2D eigenvalue weighted by Gasteiger charge is -2.25. The molecule has 0 radical (unpaired) electrons. The monoisotopic (exact) mass is 395 g/mol. The number of hydrogen-bond acceptors (Lipinski definition) is 5. The molecule has 1 amide bonds. The summed E-state index contributed by atoms with van der Waals surface area (Å²) >= 11 is 11.8.